The van der Waals surface area contributed by atoms with Gasteiger partial charge in [-0.05, 0) is 55.8 Å². The number of nitrogens with one attached hydrogen (secondary N) is 2. The van der Waals surface area contributed by atoms with Gasteiger partial charge in [0.05, 0.1) is 11.1 Å². The molecule has 0 aliphatic carbocycles. The van der Waals surface area contributed by atoms with Crippen LogP contribution in [0.5, 0.6) is 0 Å². The van der Waals surface area contributed by atoms with E-state index >= 15 is 0 Å². The van der Waals surface area contributed by atoms with Gasteiger partial charge in [-0.2, -0.15) is 5.10 Å². The minimum atomic E-state index is -0.306. The summed E-state index contributed by atoms with van der Waals surface area (Å²) in [6, 6.07) is 12.7. The van der Waals surface area contributed by atoms with Crippen LogP contribution in [0.1, 0.15) is 16.8 Å². The number of benzene rings is 2. The molecular formula is C22H16Cl2N6O. The summed E-state index contributed by atoms with van der Waals surface area (Å²) in [7, 11) is 0. The first-order chi connectivity index (χ1) is 14.9. The first-order valence-electron chi connectivity index (χ1n) is 9.47. The summed E-state index contributed by atoms with van der Waals surface area (Å²) in [6.07, 6.45) is 1.46. The molecule has 7 nitrogen and oxygen atoms in total. The standard InChI is InChI=1S/C22H16Cl2N6O/c1-11-12(2)30(15-5-3-4-13(23)8-15)21-18(11)20(25-10-26-21)29-28-19-16-9-14(24)6-7-17(16)27-22(19)31/h3-10H,1-2H3,(H,25,26,29)(H,27,28,31). The molecule has 31 heavy (non-hydrogen) atoms. The van der Waals surface area contributed by atoms with Gasteiger partial charge in [0.2, 0.25) is 0 Å². The van der Waals surface area contributed by atoms with E-state index in [1.165, 1.54) is 6.33 Å². The molecule has 0 radical (unpaired) electrons. The number of anilines is 2. The first-order valence-corrected chi connectivity index (χ1v) is 10.2. The van der Waals surface area contributed by atoms with Crippen LogP contribution >= 0.6 is 23.2 Å². The number of hydrogen-bond donors (Lipinski definition) is 2. The third-order valence-corrected chi connectivity index (χ3v) is 5.80. The Balaban J connectivity index is 1.62. The number of fused-ring (bicyclic) bond motifs is 2. The minimum absolute atomic E-state index is 0.243. The average Bonchev–Trinajstić information content (AvgIpc) is 3.19. The number of rotatable bonds is 3. The third-order valence-electron chi connectivity index (χ3n) is 5.33. The van der Waals surface area contributed by atoms with E-state index < -0.39 is 0 Å². The zero-order chi connectivity index (χ0) is 21.7. The summed E-state index contributed by atoms with van der Waals surface area (Å²) >= 11 is 12.3. The van der Waals surface area contributed by atoms with Gasteiger partial charge in [-0.15, -0.1) is 0 Å². The van der Waals surface area contributed by atoms with E-state index in [2.05, 4.69) is 25.8 Å². The van der Waals surface area contributed by atoms with Gasteiger partial charge in [-0.25, -0.2) is 9.97 Å². The van der Waals surface area contributed by atoms with Crippen molar-refractivity contribution in [3.8, 4) is 5.69 Å². The summed E-state index contributed by atoms with van der Waals surface area (Å²) in [5.74, 6) is 0.196. The van der Waals surface area contributed by atoms with Gasteiger partial charge in [0, 0.05) is 27.0 Å². The van der Waals surface area contributed by atoms with Gasteiger partial charge in [-0.1, -0.05) is 29.3 Å². The van der Waals surface area contributed by atoms with E-state index in [0.29, 0.717) is 32.8 Å². The van der Waals surface area contributed by atoms with Crippen LogP contribution in [-0.2, 0) is 4.79 Å². The predicted molar refractivity (Wildman–Crippen MR) is 124 cm³/mol. The van der Waals surface area contributed by atoms with E-state index in [4.69, 9.17) is 23.2 Å². The second kappa shape index (κ2) is 7.37. The van der Waals surface area contributed by atoms with E-state index in [1.807, 2.05) is 42.7 Å². The Bertz CT molecular complexity index is 1410. The maximum atomic E-state index is 12.4. The Morgan fingerprint density at radius 2 is 1.87 bits per heavy atom. The Morgan fingerprint density at radius 1 is 1.06 bits per heavy atom. The molecule has 0 saturated carbocycles. The van der Waals surface area contributed by atoms with Gasteiger partial charge in [-0.3, -0.25) is 14.8 Å². The molecule has 5 rings (SSSR count). The quantitative estimate of drug-likeness (QED) is 0.424. The number of carbonyl (C=O) groups is 1. The molecule has 0 fully saturated rings. The highest BCUT2D eigenvalue weighted by Gasteiger charge is 2.26. The molecule has 3 heterocycles. The van der Waals surface area contributed by atoms with Gasteiger partial charge in [0.15, 0.2) is 17.2 Å². The zero-order valence-corrected chi connectivity index (χ0v) is 18.1. The molecule has 2 aromatic heterocycles. The number of carbonyl (C=O) groups excluding carboxylic acids is 1. The largest absolute Gasteiger partial charge is 0.320 e. The molecule has 0 spiro atoms. The molecule has 1 amide bonds. The molecule has 0 unspecified atom stereocenters. The molecule has 1 aliphatic rings. The van der Waals surface area contributed by atoms with Gasteiger partial charge >= 0.3 is 0 Å². The fraction of sp³-hybridized carbons (Fsp3) is 0.0909. The minimum Gasteiger partial charge on any atom is -0.320 e. The summed E-state index contributed by atoms with van der Waals surface area (Å²) < 4.78 is 2.02. The fourth-order valence-electron chi connectivity index (χ4n) is 3.76. The van der Waals surface area contributed by atoms with E-state index in [9.17, 15) is 4.79 Å². The second-order valence-electron chi connectivity index (χ2n) is 7.16. The summed E-state index contributed by atoms with van der Waals surface area (Å²) in [4.78, 5) is 21.3. The summed E-state index contributed by atoms with van der Waals surface area (Å²) in [5, 5.41) is 9.11. The molecule has 154 valence electrons. The predicted octanol–water partition coefficient (Wildman–Crippen LogP) is 5.11. The number of aryl methyl sites for hydroxylation is 1. The van der Waals surface area contributed by atoms with Crippen LogP contribution in [0.3, 0.4) is 0 Å². The lowest BCUT2D eigenvalue weighted by molar-refractivity contribution is -0.110. The Morgan fingerprint density at radius 3 is 2.68 bits per heavy atom. The van der Waals surface area contributed by atoms with Crippen molar-refractivity contribution in [2.75, 3.05) is 10.7 Å². The highest BCUT2D eigenvalue weighted by atomic mass is 35.5. The maximum absolute atomic E-state index is 12.4. The lowest BCUT2D eigenvalue weighted by atomic mass is 10.1. The molecule has 9 heteroatoms. The second-order valence-corrected chi connectivity index (χ2v) is 8.04. The lowest BCUT2D eigenvalue weighted by Crippen LogP contribution is -2.16. The molecule has 4 aromatic rings. The monoisotopic (exact) mass is 450 g/mol. The highest BCUT2D eigenvalue weighted by Crippen LogP contribution is 2.32. The summed E-state index contributed by atoms with van der Waals surface area (Å²) in [5.41, 5.74) is 8.13. The molecule has 2 N–H and O–H groups in total. The lowest BCUT2D eigenvalue weighted by Gasteiger charge is -2.08. The van der Waals surface area contributed by atoms with Crippen LogP contribution in [0.25, 0.3) is 16.7 Å². The SMILES string of the molecule is Cc1c(C)n(-c2cccc(Cl)c2)c2ncnc(N/N=C3\C(=O)Nc4ccc(Cl)cc43)c12. The van der Waals surface area contributed by atoms with Crippen LogP contribution in [-0.4, -0.2) is 26.2 Å². The number of aromatic nitrogens is 3. The van der Waals surface area contributed by atoms with Crippen LogP contribution in [0, 0.1) is 13.8 Å². The van der Waals surface area contributed by atoms with Gasteiger partial charge in [0.25, 0.3) is 5.91 Å². The summed E-state index contributed by atoms with van der Waals surface area (Å²) in [6.45, 7) is 4.01. The van der Waals surface area contributed by atoms with E-state index in [-0.39, 0.29) is 11.6 Å². The Labute approximate surface area is 187 Å². The van der Waals surface area contributed by atoms with Crippen LogP contribution in [0.15, 0.2) is 53.9 Å². The molecular weight excluding hydrogens is 435 g/mol. The number of nitrogens with zero attached hydrogens (tertiary/aromatic N) is 4. The Hall–Kier alpha value is -3.42. The topological polar surface area (TPSA) is 84.2 Å². The molecule has 0 atom stereocenters. The molecule has 1 aliphatic heterocycles. The smallest absolute Gasteiger partial charge is 0.276 e. The number of hydrogen-bond acceptors (Lipinski definition) is 5. The Kier molecular flexibility index (Phi) is 4.64. The van der Waals surface area contributed by atoms with Crippen molar-refractivity contribution in [1.29, 1.82) is 0 Å². The van der Waals surface area contributed by atoms with Crippen molar-refractivity contribution in [3.63, 3.8) is 0 Å². The van der Waals surface area contributed by atoms with Crippen LogP contribution in [0.4, 0.5) is 11.5 Å². The maximum Gasteiger partial charge on any atom is 0.276 e. The fourth-order valence-corrected chi connectivity index (χ4v) is 4.12. The highest BCUT2D eigenvalue weighted by molar-refractivity contribution is 6.54. The molecule has 0 saturated heterocycles. The normalized spacial score (nSPS) is 14.2. The van der Waals surface area contributed by atoms with E-state index in [0.717, 1.165) is 22.3 Å². The molecule has 0 bridgehead atoms. The van der Waals surface area contributed by atoms with Gasteiger partial charge in [0.1, 0.15) is 6.33 Å². The number of amides is 1. The van der Waals surface area contributed by atoms with Crippen molar-refractivity contribution < 1.29 is 4.79 Å². The van der Waals surface area contributed by atoms with E-state index in [1.54, 1.807) is 18.2 Å². The number of halogens is 2. The first kappa shape index (κ1) is 19.5. The third kappa shape index (κ3) is 3.22. The molecule has 2 aromatic carbocycles. The van der Waals surface area contributed by atoms with Crippen molar-refractivity contribution in [1.82, 2.24) is 14.5 Å². The van der Waals surface area contributed by atoms with Gasteiger partial charge < -0.3 is 5.32 Å². The van der Waals surface area contributed by atoms with Crippen LogP contribution < -0.4 is 10.7 Å². The van der Waals surface area contributed by atoms with Crippen molar-refractivity contribution in [3.05, 3.63) is 75.7 Å². The van der Waals surface area contributed by atoms with Crippen molar-refractivity contribution >= 4 is 57.4 Å². The zero-order valence-electron chi connectivity index (χ0n) is 16.6. The van der Waals surface area contributed by atoms with Crippen molar-refractivity contribution in [2.45, 2.75) is 13.8 Å². The van der Waals surface area contributed by atoms with Crippen molar-refractivity contribution in [2.24, 2.45) is 5.10 Å². The number of hydrazone groups is 1. The van der Waals surface area contributed by atoms with Crippen LogP contribution in [0.2, 0.25) is 10.0 Å². The average molecular weight is 451 g/mol.